The number of nitrogens with zero attached hydrogens (tertiary/aromatic N) is 4. The van der Waals surface area contributed by atoms with Crippen molar-refractivity contribution in [3.63, 3.8) is 0 Å². The van der Waals surface area contributed by atoms with Gasteiger partial charge in [0.25, 0.3) is 0 Å². The second-order valence-corrected chi connectivity index (χ2v) is 7.80. The third kappa shape index (κ3) is 2.55. The van der Waals surface area contributed by atoms with Crippen molar-refractivity contribution in [2.75, 3.05) is 0 Å². The molecule has 126 valence electrons. The van der Waals surface area contributed by atoms with Crippen LogP contribution in [-0.2, 0) is 0 Å². The van der Waals surface area contributed by atoms with E-state index in [2.05, 4.69) is 62.0 Å². The van der Waals surface area contributed by atoms with E-state index < -0.39 is 0 Å². The molecule has 0 saturated heterocycles. The van der Waals surface area contributed by atoms with E-state index in [1.165, 1.54) is 21.4 Å². The summed E-state index contributed by atoms with van der Waals surface area (Å²) < 4.78 is 3.17. The molecule has 4 aromatic rings. The summed E-state index contributed by atoms with van der Waals surface area (Å²) in [6, 6.07) is 8.64. The maximum atomic E-state index is 4.69. The lowest BCUT2D eigenvalue weighted by molar-refractivity contribution is 0.869. The summed E-state index contributed by atoms with van der Waals surface area (Å²) in [6.45, 7) is 10.5. The van der Waals surface area contributed by atoms with E-state index in [4.69, 9.17) is 4.98 Å². The molecule has 2 heterocycles. The van der Waals surface area contributed by atoms with Crippen molar-refractivity contribution in [3.05, 3.63) is 57.9 Å². The monoisotopic (exact) mass is 348 g/mol. The van der Waals surface area contributed by atoms with Crippen LogP contribution in [-0.4, -0.2) is 19.7 Å². The van der Waals surface area contributed by atoms with Crippen LogP contribution in [0.1, 0.15) is 27.3 Å². The maximum absolute atomic E-state index is 4.69. The number of thiazole rings is 1. The number of rotatable bonds is 2. The molecule has 4 rings (SSSR count). The van der Waals surface area contributed by atoms with E-state index in [0.717, 1.165) is 33.2 Å². The highest BCUT2D eigenvalue weighted by molar-refractivity contribution is 7.18. The number of aromatic nitrogens is 4. The van der Waals surface area contributed by atoms with Gasteiger partial charge in [0.15, 0.2) is 5.82 Å². The van der Waals surface area contributed by atoms with Gasteiger partial charge in [0.05, 0.1) is 20.9 Å². The fourth-order valence-electron chi connectivity index (χ4n) is 3.57. The van der Waals surface area contributed by atoms with Crippen molar-refractivity contribution in [2.45, 2.75) is 34.6 Å². The smallest absolute Gasteiger partial charge is 0.163 e. The maximum Gasteiger partial charge on any atom is 0.163 e. The van der Waals surface area contributed by atoms with Crippen molar-refractivity contribution in [3.8, 4) is 17.1 Å². The van der Waals surface area contributed by atoms with Gasteiger partial charge < -0.3 is 0 Å². The summed E-state index contributed by atoms with van der Waals surface area (Å²) in [7, 11) is 0. The normalized spacial score (nSPS) is 11.4. The quantitative estimate of drug-likeness (QED) is 0.507. The van der Waals surface area contributed by atoms with Gasteiger partial charge in [0.1, 0.15) is 6.33 Å². The van der Waals surface area contributed by atoms with Gasteiger partial charge in [-0.05, 0) is 63.4 Å². The molecule has 0 N–H and O–H groups in total. The molecule has 0 bridgehead atoms. The lowest BCUT2D eigenvalue weighted by Crippen LogP contribution is -2.05. The van der Waals surface area contributed by atoms with Crippen molar-refractivity contribution in [2.24, 2.45) is 0 Å². The first kappa shape index (κ1) is 16.0. The molecule has 25 heavy (non-hydrogen) atoms. The third-order valence-electron chi connectivity index (χ3n) is 4.56. The summed E-state index contributed by atoms with van der Waals surface area (Å²) in [5.74, 6) is 0.861. The van der Waals surface area contributed by atoms with Gasteiger partial charge in [-0.15, -0.1) is 11.3 Å². The average molecular weight is 348 g/mol. The molecule has 0 unspecified atom stereocenters. The van der Waals surface area contributed by atoms with Gasteiger partial charge in [-0.3, -0.25) is 0 Å². The zero-order valence-corrected chi connectivity index (χ0v) is 15.9. The molecule has 0 aliphatic rings. The standard InChI is InChI=1S/C20H20N4S/c1-11-8-12(2)19(13(3)9-11)24-20(21-10-22-24)16-6-7-17-18(14(16)4)23-15(5)25-17/h6-10H,1-5H3. The summed E-state index contributed by atoms with van der Waals surface area (Å²) in [5, 5.41) is 5.61. The highest BCUT2D eigenvalue weighted by atomic mass is 32.1. The van der Waals surface area contributed by atoms with Crippen LogP contribution in [0.5, 0.6) is 0 Å². The molecule has 0 saturated carbocycles. The molecule has 2 aromatic carbocycles. The Kier molecular flexibility index (Phi) is 3.69. The predicted octanol–water partition coefficient (Wildman–Crippen LogP) is 5.09. The van der Waals surface area contributed by atoms with Crippen molar-refractivity contribution in [1.29, 1.82) is 0 Å². The van der Waals surface area contributed by atoms with E-state index in [9.17, 15) is 0 Å². The van der Waals surface area contributed by atoms with E-state index in [1.54, 1.807) is 17.7 Å². The largest absolute Gasteiger partial charge is 0.241 e. The van der Waals surface area contributed by atoms with Gasteiger partial charge in [0.2, 0.25) is 0 Å². The van der Waals surface area contributed by atoms with E-state index in [0.29, 0.717) is 0 Å². The van der Waals surface area contributed by atoms with Crippen molar-refractivity contribution >= 4 is 21.6 Å². The Morgan fingerprint density at radius 3 is 2.40 bits per heavy atom. The Morgan fingerprint density at radius 2 is 1.68 bits per heavy atom. The van der Waals surface area contributed by atoms with Gasteiger partial charge >= 0.3 is 0 Å². The van der Waals surface area contributed by atoms with Crippen LogP contribution in [0.3, 0.4) is 0 Å². The first-order valence-corrected chi connectivity index (χ1v) is 9.12. The molecule has 5 heteroatoms. The fourth-order valence-corrected chi connectivity index (χ4v) is 4.46. The van der Waals surface area contributed by atoms with Crippen LogP contribution in [0.25, 0.3) is 27.3 Å². The topological polar surface area (TPSA) is 43.6 Å². The minimum Gasteiger partial charge on any atom is -0.241 e. The zero-order valence-electron chi connectivity index (χ0n) is 15.1. The van der Waals surface area contributed by atoms with E-state index >= 15 is 0 Å². The number of fused-ring (bicyclic) bond motifs is 1. The molecule has 4 nitrogen and oxygen atoms in total. The molecule has 0 radical (unpaired) electrons. The summed E-state index contributed by atoms with van der Waals surface area (Å²) >= 11 is 1.73. The highest BCUT2D eigenvalue weighted by Gasteiger charge is 2.17. The molecule has 0 atom stereocenters. The van der Waals surface area contributed by atoms with Crippen LogP contribution in [0.4, 0.5) is 0 Å². The van der Waals surface area contributed by atoms with Crippen LogP contribution < -0.4 is 0 Å². The van der Waals surface area contributed by atoms with E-state index in [1.807, 2.05) is 11.6 Å². The Labute approximate surface area is 151 Å². The summed E-state index contributed by atoms with van der Waals surface area (Å²) in [5.41, 5.74) is 8.06. The van der Waals surface area contributed by atoms with Gasteiger partial charge in [0, 0.05) is 5.56 Å². The number of aryl methyl sites for hydroxylation is 5. The molecule has 0 aliphatic heterocycles. The minimum atomic E-state index is 0.861. The van der Waals surface area contributed by atoms with Crippen molar-refractivity contribution in [1.82, 2.24) is 19.7 Å². The van der Waals surface area contributed by atoms with Gasteiger partial charge in [-0.2, -0.15) is 5.10 Å². The van der Waals surface area contributed by atoms with Crippen LogP contribution in [0.2, 0.25) is 0 Å². The van der Waals surface area contributed by atoms with E-state index in [-0.39, 0.29) is 0 Å². The number of hydrogen-bond acceptors (Lipinski definition) is 4. The molecule has 0 aliphatic carbocycles. The van der Waals surface area contributed by atoms with Crippen molar-refractivity contribution < 1.29 is 0 Å². The fraction of sp³-hybridized carbons (Fsp3) is 0.250. The zero-order chi connectivity index (χ0) is 17.7. The molecule has 0 amide bonds. The van der Waals surface area contributed by atoms with Crippen LogP contribution in [0.15, 0.2) is 30.6 Å². The second-order valence-electron chi connectivity index (χ2n) is 6.56. The Bertz CT molecular complexity index is 1080. The molecule has 0 fully saturated rings. The lowest BCUT2D eigenvalue weighted by Gasteiger charge is -2.14. The Hall–Kier alpha value is -2.53. The summed E-state index contributed by atoms with van der Waals surface area (Å²) in [6.07, 6.45) is 1.63. The highest BCUT2D eigenvalue weighted by Crippen LogP contribution is 2.33. The van der Waals surface area contributed by atoms with Gasteiger partial charge in [-0.25, -0.2) is 14.6 Å². The lowest BCUT2D eigenvalue weighted by atomic mass is 10.0. The van der Waals surface area contributed by atoms with Crippen LogP contribution in [0, 0.1) is 34.6 Å². The predicted molar refractivity (Wildman–Crippen MR) is 104 cm³/mol. The third-order valence-corrected chi connectivity index (χ3v) is 5.49. The molecule has 2 aromatic heterocycles. The van der Waals surface area contributed by atoms with Gasteiger partial charge in [-0.1, -0.05) is 17.7 Å². The second kappa shape index (κ2) is 5.77. The molecular formula is C20H20N4S. The molecule has 0 spiro atoms. The SMILES string of the molecule is Cc1cc(C)c(-n2ncnc2-c2ccc3sc(C)nc3c2C)c(C)c1. The number of benzene rings is 2. The summed E-state index contributed by atoms with van der Waals surface area (Å²) in [4.78, 5) is 9.26. The first-order valence-electron chi connectivity index (χ1n) is 8.31. The Morgan fingerprint density at radius 1 is 0.960 bits per heavy atom. The first-order chi connectivity index (χ1) is 12.0. The minimum absolute atomic E-state index is 0.861. The van der Waals surface area contributed by atoms with Crippen LogP contribution >= 0.6 is 11.3 Å². The average Bonchev–Trinajstić information content (AvgIpc) is 3.13. The Balaban J connectivity index is 1.96. The number of hydrogen-bond donors (Lipinski definition) is 0. The molecular weight excluding hydrogens is 328 g/mol.